The minimum Gasteiger partial charge on any atom is -0.477 e. The van der Waals surface area contributed by atoms with Crippen LogP contribution in [0.5, 0.6) is 0 Å². The number of thiophene rings is 1. The lowest BCUT2D eigenvalue weighted by atomic mass is 10.0. The first-order valence-corrected chi connectivity index (χ1v) is 8.82. The first-order chi connectivity index (χ1) is 11.4. The van der Waals surface area contributed by atoms with Crippen molar-refractivity contribution in [3.8, 4) is 0 Å². The minimum atomic E-state index is -0.909. The number of carboxylic acids is 1. The number of halogens is 1. The number of rotatable bonds is 8. The molecular formula is C17H22ClNO4S. The van der Waals surface area contributed by atoms with Gasteiger partial charge in [0.15, 0.2) is 6.29 Å². The van der Waals surface area contributed by atoms with Gasteiger partial charge >= 0.3 is 5.97 Å². The maximum Gasteiger partial charge on any atom is 0.346 e. The maximum absolute atomic E-state index is 11.7. The van der Waals surface area contributed by atoms with E-state index in [1.165, 1.54) is 11.3 Å². The highest BCUT2D eigenvalue weighted by molar-refractivity contribution is 7.21. The molecule has 0 saturated carbocycles. The number of methoxy groups -OCH3 is 2. The molecule has 132 valence electrons. The molecule has 0 fully saturated rings. The summed E-state index contributed by atoms with van der Waals surface area (Å²) in [5.74, 6) is -0.909. The third-order valence-electron chi connectivity index (χ3n) is 3.97. The smallest absolute Gasteiger partial charge is 0.346 e. The summed E-state index contributed by atoms with van der Waals surface area (Å²) in [5.41, 5.74) is 1.80. The third kappa shape index (κ3) is 3.90. The Hall–Kier alpha value is -1.18. The van der Waals surface area contributed by atoms with Gasteiger partial charge in [0, 0.05) is 42.4 Å². The van der Waals surface area contributed by atoms with E-state index in [-0.39, 0.29) is 6.29 Å². The van der Waals surface area contributed by atoms with Crippen LogP contribution < -0.4 is 0 Å². The van der Waals surface area contributed by atoms with E-state index in [0.29, 0.717) is 23.0 Å². The average molecular weight is 372 g/mol. The summed E-state index contributed by atoms with van der Waals surface area (Å²) < 4.78 is 11.4. The third-order valence-corrected chi connectivity index (χ3v) is 5.51. The van der Waals surface area contributed by atoms with Crippen LogP contribution in [0.15, 0.2) is 12.1 Å². The molecule has 1 heterocycles. The van der Waals surface area contributed by atoms with E-state index in [9.17, 15) is 9.90 Å². The summed E-state index contributed by atoms with van der Waals surface area (Å²) in [5, 5.41) is 11.2. The number of likely N-dealkylation sites (N-methyl/N-ethyl adjacent to an activating group) is 1. The van der Waals surface area contributed by atoms with Crippen LogP contribution in [-0.2, 0) is 22.4 Å². The van der Waals surface area contributed by atoms with Gasteiger partial charge in [-0.2, -0.15) is 0 Å². The number of fused-ring (bicyclic) bond motifs is 1. The van der Waals surface area contributed by atoms with Crippen molar-refractivity contribution in [3.63, 3.8) is 0 Å². The van der Waals surface area contributed by atoms with E-state index in [0.717, 1.165) is 27.6 Å². The fourth-order valence-electron chi connectivity index (χ4n) is 2.81. The fourth-order valence-corrected chi connectivity index (χ4v) is 4.18. The van der Waals surface area contributed by atoms with Crippen molar-refractivity contribution in [1.82, 2.24) is 4.90 Å². The summed E-state index contributed by atoms with van der Waals surface area (Å²) >= 11 is 7.63. The Kier molecular flexibility index (Phi) is 6.60. The van der Waals surface area contributed by atoms with E-state index < -0.39 is 5.97 Å². The lowest BCUT2D eigenvalue weighted by Crippen LogP contribution is -2.31. The molecule has 7 heteroatoms. The highest BCUT2D eigenvalue weighted by atomic mass is 35.5. The molecule has 0 saturated heterocycles. The number of benzene rings is 1. The molecule has 1 aromatic carbocycles. The Morgan fingerprint density at radius 2 is 2.00 bits per heavy atom. The quantitative estimate of drug-likeness (QED) is 0.714. The van der Waals surface area contributed by atoms with Crippen molar-refractivity contribution in [2.75, 3.05) is 27.8 Å². The second kappa shape index (κ2) is 8.27. The monoisotopic (exact) mass is 371 g/mol. The standard InChI is InChI=1S/C17H22ClNO4S/c1-5-10-12(18)6-7-13-15(10)11(16(24-13)17(20)21)8-19(2)9-14(22-3)23-4/h6-7,14H,5,8-9H2,1-4H3,(H,20,21). The number of ether oxygens (including phenoxy) is 2. The van der Waals surface area contributed by atoms with Gasteiger partial charge in [0.1, 0.15) is 4.88 Å². The van der Waals surface area contributed by atoms with Gasteiger partial charge in [0.2, 0.25) is 0 Å². The minimum absolute atomic E-state index is 0.359. The summed E-state index contributed by atoms with van der Waals surface area (Å²) in [4.78, 5) is 14.1. The number of hydrogen-bond donors (Lipinski definition) is 1. The highest BCUT2D eigenvalue weighted by Gasteiger charge is 2.22. The first-order valence-electron chi connectivity index (χ1n) is 7.63. The number of hydrogen-bond acceptors (Lipinski definition) is 5. The molecule has 0 spiro atoms. The molecular weight excluding hydrogens is 350 g/mol. The topological polar surface area (TPSA) is 59.0 Å². The molecule has 24 heavy (non-hydrogen) atoms. The molecule has 2 aromatic rings. The van der Waals surface area contributed by atoms with Crippen molar-refractivity contribution in [1.29, 1.82) is 0 Å². The number of carbonyl (C=O) groups is 1. The molecule has 1 N–H and O–H groups in total. The number of nitrogens with zero attached hydrogens (tertiary/aromatic N) is 1. The van der Waals surface area contributed by atoms with E-state index in [4.69, 9.17) is 21.1 Å². The molecule has 2 rings (SSSR count). The molecule has 0 atom stereocenters. The van der Waals surface area contributed by atoms with E-state index in [1.807, 2.05) is 31.0 Å². The number of carboxylic acid groups (broad SMARTS) is 1. The molecule has 0 unspecified atom stereocenters. The van der Waals surface area contributed by atoms with Crippen LogP contribution in [-0.4, -0.2) is 50.1 Å². The van der Waals surface area contributed by atoms with E-state index >= 15 is 0 Å². The van der Waals surface area contributed by atoms with Crippen LogP contribution in [0.1, 0.15) is 27.7 Å². The van der Waals surface area contributed by atoms with Gasteiger partial charge in [-0.15, -0.1) is 11.3 Å². The normalized spacial score (nSPS) is 11.8. The van der Waals surface area contributed by atoms with Crippen molar-refractivity contribution in [3.05, 3.63) is 33.2 Å². The van der Waals surface area contributed by atoms with Gasteiger partial charge in [-0.1, -0.05) is 18.5 Å². The average Bonchev–Trinajstić information content (AvgIpc) is 2.91. The Balaban J connectivity index is 2.48. The van der Waals surface area contributed by atoms with Crippen LogP contribution in [0.4, 0.5) is 0 Å². The van der Waals surface area contributed by atoms with Gasteiger partial charge in [-0.3, -0.25) is 4.90 Å². The molecule has 0 aliphatic carbocycles. The van der Waals surface area contributed by atoms with Crippen molar-refractivity contribution in [2.45, 2.75) is 26.2 Å². The lowest BCUT2D eigenvalue weighted by Gasteiger charge is -2.22. The molecule has 1 aromatic heterocycles. The van der Waals surface area contributed by atoms with Gasteiger partial charge in [0.05, 0.1) is 0 Å². The number of aromatic carboxylic acids is 1. The van der Waals surface area contributed by atoms with Crippen molar-refractivity contribution < 1.29 is 19.4 Å². The molecule has 5 nitrogen and oxygen atoms in total. The Labute approximate surface area is 150 Å². The summed E-state index contributed by atoms with van der Waals surface area (Å²) in [7, 11) is 5.08. The lowest BCUT2D eigenvalue weighted by molar-refractivity contribution is -0.114. The number of aryl methyl sites for hydroxylation is 1. The fraction of sp³-hybridized carbons (Fsp3) is 0.471. The molecule has 0 aliphatic heterocycles. The SMILES string of the molecule is CCc1c(Cl)ccc2sc(C(=O)O)c(CN(C)CC(OC)OC)c12. The van der Waals surface area contributed by atoms with Crippen LogP contribution >= 0.6 is 22.9 Å². The first kappa shape index (κ1) is 19.1. The molecule has 0 radical (unpaired) electrons. The maximum atomic E-state index is 11.7. The van der Waals surface area contributed by atoms with Gasteiger partial charge < -0.3 is 14.6 Å². The Morgan fingerprint density at radius 3 is 2.54 bits per heavy atom. The van der Waals surface area contributed by atoms with Crippen molar-refractivity contribution in [2.24, 2.45) is 0 Å². The largest absolute Gasteiger partial charge is 0.477 e. The van der Waals surface area contributed by atoms with E-state index in [1.54, 1.807) is 14.2 Å². The molecule has 0 bridgehead atoms. The Morgan fingerprint density at radius 1 is 1.33 bits per heavy atom. The van der Waals surface area contributed by atoms with Gasteiger partial charge in [0.25, 0.3) is 0 Å². The Bertz CT molecular complexity index is 727. The van der Waals surface area contributed by atoms with Crippen molar-refractivity contribution >= 4 is 39.0 Å². The van der Waals surface area contributed by atoms with Crippen LogP contribution in [0, 0.1) is 0 Å². The van der Waals surface area contributed by atoms with E-state index in [2.05, 4.69) is 0 Å². The van der Waals surface area contributed by atoms with Gasteiger partial charge in [-0.05, 0) is 36.7 Å². The second-order valence-corrected chi connectivity index (χ2v) is 7.02. The van der Waals surface area contributed by atoms with Crippen LogP contribution in [0.25, 0.3) is 10.1 Å². The molecule has 0 amide bonds. The zero-order valence-electron chi connectivity index (χ0n) is 14.3. The van der Waals surface area contributed by atoms with Crippen LogP contribution in [0.3, 0.4) is 0 Å². The summed E-state index contributed by atoms with van der Waals surface area (Å²) in [6.45, 7) is 3.04. The zero-order valence-corrected chi connectivity index (χ0v) is 15.8. The highest BCUT2D eigenvalue weighted by Crippen LogP contribution is 2.37. The zero-order chi connectivity index (χ0) is 17.9. The second-order valence-electron chi connectivity index (χ2n) is 5.57. The van der Waals surface area contributed by atoms with Crippen LogP contribution in [0.2, 0.25) is 5.02 Å². The molecule has 0 aliphatic rings. The predicted molar refractivity (Wildman–Crippen MR) is 97.3 cm³/mol. The predicted octanol–water partition coefficient (Wildman–Crippen LogP) is 3.87. The van der Waals surface area contributed by atoms with Gasteiger partial charge in [-0.25, -0.2) is 4.79 Å². The summed E-state index contributed by atoms with van der Waals surface area (Å²) in [6, 6.07) is 3.73. The summed E-state index contributed by atoms with van der Waals surface area (Å²) in [6.07, 6.45) is 0.393.